The minimum atomic E-state index is -4.20. The van der Waals surface area contributed by atoms with Crippen molar-refractivity contribution in [1.29, 1.82) is 0 Å². The zero-order valence-corrected chi connectivity index (χ0v) is 24.4. The molecule has 0 aromatic heterocycles. The molecule has 2 aromatic rings. The number of hydrogen-bond acceptors (Lipinski definition) is 4. The Hall–Kier alpha value is -2.46. The van der Waals surface area contributed by atoms with Crippen LogP contribution in [-0.2, 0) is 17.2 Å². The molecule has 0 bridgehead atoms. The zero-order chi connectivity index (χ0) is 30.0. The number of benzene rings is 2. The summed E-state index contributed by atoms with van der Waals surface area (Å²) >= 11 is 0. The van der Waals surface area contributed by atoms with E-state index >= 15 is 0 Å². The van der Waals surface area contributed by atoms with E-state index in [9.17, 15) is 36.4 Å². The van der Waals surface area contributed by atoms with Gasteiger partial charge >= 0.3 is 6.18 Å². The second-order valence-electron chi connectivity index (χ2n) is 10.8. The van der Waals surface area contributed by atoms with Crippen LogP contribution in [0.5, 0.6) is 11.5 Å². The summed E-state index contributed by atoms with van der Waals surface area (Å²) in [5.41, 5.74) is 4.26. The third-order valence-corrected chi connectivity index (χ3v) is 8.98. The molecule has 0 amide bonds. The summed E-state index contributed by atoms with van der Waals surface area (Å²) in [5.74, 6) is -1.68. The summed E-state index contributed by atoms with van der Waals surface area (Å²) in [4.78, 5) is 2.14. The number of aryl methyl sites for hydroxylation is 1. The van der Waals surface area contributed by atoms with Crippen molar-refractivity contribution < 1.29 is 36.4 Å². The standard InChI is InChI=1S/C31H40F5NO3S/c1-37(16-8-18-41(40)17-7-14-31(34,35)36)15-5-3-2-4-10-25-24(23-12-13-27(32)29(38)20-23)11-6-9-22-19-30(39)28(33)21-26(22)25/h12-13,19-21,38-39H,2-11,14-18H2,1H3. The molecule has 41 heavy (non-hydrogen) atoms. The van der Waals surface area contributed by atoms with E-state index in [0.29, 0.717) is 37.0 Å². The van der Waals surface area contributed by atoms with E-state index in [1.54, 1.807) is 6.07 Å². The molecule has 0 saturated heterocycles. The molecule has 228 valence electrons. The second-order valence-corrected chi connectivity index (χ2v) is 12.5. The average Bonchev–Trinajstić information content (AvgIpc) is 3.06. The van der Waals surface area contributed by atoms with Crippen LogP contribution in [-0.4, -0.2) is 57.1 Å². The third kappa shape index (κ3) is 10.7. The van der Waals surface area contributed by atoms with Gasteiger partial charge < -0.3 is 15.1 Å². The minimum Gasteiger partial charge on any atom is -0.505 e. The van der Waals surface area contributed by atoms with E-state index in [0.717, 1.165) is 67.5 Å². The number of alkyl halides is 3. The van der Waals surface area contributed by atoms with Gasteiger partial charge in [0, 0.05) is 28.7 Å². The molecule has 1 atom stereocenters. The summed E-state index contributed by atoms with van der Waals surface area (Å²) in [6.45, 7) is 1.60. The Morgan fingerprint density at radius 3 is 2.27 bits per heavy atom. The predicted octanol–water partition coefficient (Wildman–Crippen LogP) is 7.99. The van der Waals surface area contributed by atoms with Crippen molar-refractivity contribution in [3.63, 3.8) is 0 Å². The first-order valence-electron chi connectivity index (χ1n) is 14.3. The van der Waals surface area contributed by atoms with E-state index in [-0.39, 0.29) is 17.9 Å². The average molecular weight is 602 g/mol. The number of fused-ring (bicyclic) bond motifs is 1. The topological polar surface area (TPSA) is 60.8 Å². The number of rotatable bonds is 15. The van der Waals surface area contributed by atoms with Gasteiger partial charge in [-0.25, -0.2) is 8.78 Å². The van der Waals surface area contributed by atoms with Gasteiger partial charge in [0.1, 0.15) is 0 Å². The molecule has 3 rings (SSSR count). The van der Waals surface area contributed by atoms with Gasteiger partial charge in [-0.05, 0) is 124 Å². The van der Waals surface area contributed by atoms with Gasteiger partial charge in [0.2, 0.25) is 0 Å². The van der Waals surface area contributed by atoms with Crippen LogP contribution in [0.1, 0.15) is 80.9 Å². The monoisotopic (exact) mass is 601 g/mol. The maximum absolute atomic E-state index is 14.4. The van der Waals surface area contributed by atoms with Crippen LogP contribution in [0.3, 0.4) is 0 Å². The quantitative estimate of drug-likeness (QED) is 0.161. The van der Waals surface area contributed by atoms with Crippen LogP contribution in [0.25, 0.3) is 11.1 Å². The molecule has 1 aliphatic carbocycles. The molecule has 0 spiro atoms. The Morgan fingerprint density at radius 2 is 1.54 bits per heavy atom. The predicted molar refractivity (Wildman–Crippen MR) is 154 cm³/mol. The molecule has 2 aromatic carbocycles. The largest absolute Gasteiger partial charge is 0.505 e. The van der Waals surface area contributed by atoms with Crippen molar-refractivity contribution in [2.45, 2.75) is 76.8 Å². The Kier molecular flexibility index (Phi) is 12.6. The van der Waals surface area contributed by atoms with Crippen molar-refractivity contribution in [3.8, 4) is 11.5 Å². The van der Waals surface area contributed by atoms with Crippen LogP contribution in [0.4, 0.5) is 22.0 Å². The Bertz CT molecular complexity index is 1210. The lowest BCUT2D eigenvalue weighted by molar-refractivity contribution is -0.134. The molecular weight excluding hydrogens is 561 g/mol. The highest BCUT2D eigenvalue weighted by Gasteiger charge is 2.26. The van der Waals surface area contributed by atoms with Crippen LogP contribution in [0, 0.1) is 11.6 Å². The lowest BCUT2D eigenvalue weighted by atomic mass is 9.88. The SMILES string of the molecule is CN(CCCCCCC1=C(c2ccc(F)c(O)c2)CCCc2cc(O)c(F)cc21)CCCS(=O)CCCC(F)(F)F. The molecular formula is C31H40F5NO3S. The minimum absolute atomic E-state index is 0.0853. The van der Waals surface area contributed by atoms with Crippen LogP contribution < -0.4 is 0 Å². The maximum Gasteiger partial charge on any atom is 0.389 e. The van der Waals surface area contributed by atoms with E-state index in [1.807, 2.05) is 7.05 Å². The Balaban J connectivity index is 1.50. The molecule has 1 aliphatic rings. The molecule has 10 heteroatoms. The molecule has 0 heterocycles. The van der Waals surface area contributed by atoms with Gasteiger partial charge in [-0.2, -0.15) is 13.2 Å². The van der Waals surface area contributed by atoms with Crippen molar-refractivity contribution in [2.24, 2.45) is 0 Å². The molecule has 1 unspecified atom stereocenters. The molecule has 0 saturated carbocycles. The van der Waals surface area contributed by atoms with Crippen molar-refractivity contribution in [3.05, 3.63) is 58.7 Å². The van der Waals surface area contributed by atoms with E-state index in [1.165, 1.54) is 24.3 Å². The highest BCUT2D eigenvalue weighted by Crippen LogP contribution is 2.41. The summed E-state index contributed by atoms with van der Waals surface area (Å²) < 4.78 is 76.8. The van der Waals surface area contributed by atoms with Gasteiger partial charge in [-0.3, -0.25) is 4.21 Å². The Labute approximate surface area is 241 Å². The lowest BCUT2D eigenvalue weighted by Gasteiger charge is -2.18. The number of hydrogen-bond donors (Lipinski definition) is 2. The zero-order valence-electron chi connectivity index (χ0n) is 23.5. The molecule has 4 nitrogen and oxygen atoms in total. The van der Waals surface area contributed by atoms with E-state index in [4.69, 9.17) is 0 Å². The number of unbranched alkanes of at least 4 members (excludes halogenated alkanes) is 3. The van der Waals surface area contributed by atoms with Crippen LogP contribution in [0.15, 0.2) is 30.3 Å². The van der Waals surface area contributed by atoms with E-state index in [2.05, 4.69) is 4.90 Å². The first-order valence-corrected chi connectivity index (χ1v) is 15.8. The summed E-state index contributed by atoms with van der Waals surface area (Å²) in [5, 5.41) is 19.9. The fourth-order valence-corrected chi connectivity index (χ4v) is 6.47. The number of phenolic OH excluding ortho intramolecular Hbond substituents is 2. The van der Waals surface area contributed by atoms with Crippen LogP contribution in [0.2, 0.25) is 0 Å². The summed E-state index contributed by atoms with van der Waals surface area (Å²) in [6, 6.07) is 7.16. The number of aromatic hydroxyl groups is 2. The van der Waals surface area contributed by atoms with Gasteiger partial charge in [-0.15, -0.1) is 0 Å². The van der Waals surface area contributed by atoms with E-state index < -0.39 is 40.8 Å². The second kappa shape index (κ2) is 15.7. The van der Waals surface area contributed by atoms with Crippen LogP contribution >= 0.6 is 0 Å². The molecule has 0 radical (unpaired) electrons. The smallest absolute Gasteiger partial charge is 0.389 e. The van der Waals surface area contributed by atoms with Gasteiger partial charge in [0.05, 0.1) is 0 Å². The third-order valence-electron chi connectivity index (χ3n) is 7.49. The first kappa shape index (κ1) is 33.0. The lowest BCUT2D eigenvalue weighted by Crippen LogP contribution is -2.22. The number of halogens is 5. The molecule has 2 N–H and O–H groups in total. The molecule has 0 aliphatic heterocycles. The van der Waals surface area contributed by atoms with Gasteiger partial charge in [0.25, 0.3) is 0 Å². The van der Waals surface area contributed by atoms with Crippen molar-refractivity contribution in [1.82, 2.24) is 4.90 Å². The Morgan fingerprint density at radius 1 is 0.854 bits per heavy atom. The highest BCUT2D eigenvalue weighted by atomic mass is 32.2. The number of nitrogens with zero attached hydrogens (tertiary/aromatic N) is 1. The normalized spacial score (nSPS) is 14.8. The maximum atomic E-state index is 14.4. The highest BCUT2D eigenvalue weighted by molar-refractivity contribution is 7.84. The summed E-state index contributed by atoms with van der Waals surface area (Å²) in [7, 11) is 0.756. The summed E-state index contributed by atoms with van der Waals surface area (Å²) in [6.07, 6.45) is 2.06. The number of allylic oxidation sites excluding steroid dienone is 2. The first-order chi connectivity index (χ1) is 19.4. The number of phenols is 2. The fraction of sp³-hybridized carbons (Fsp3) is 0.548. The fourth-order valence-electron chi connectivity index (χ4n) is 5.35. The van der Waals surface area contributed by atoms with Gasteiger partial charge in [0.15, 0.2) is 23.1 Å². The molecule has 0 fully saturated rings. The van der Waals surface area contributed by atoms with Crippen molar-refractivity contribution in [2.75, 3.05) is 31.6 Å². The van der Waals surface area contributed by atoms with Gasteiger partial charge in [-0.1, -0.05) is 18.9 Å². The van der Waals surface area contributed by atoms with Crippen molar-refractivity contribution >= 4 is 21.9 Å².